The summed E-state index contributed by atoms with van der Waals surface area (Å²) in [5.41, 5.74) is 1.58. The van der Waals surface area contributed by atoms with Crippen molar-refractivity contribution in [2.24, 2.45) is 0 Å². The van der Waals surface area contributed by atoms with Crippen LogP contribution in [0.1, 0.15) is 11.1 Å². The van der Waals surface area contributed by atoms with Gasteiger partial charge >= 0.3 is 0 Å². The third-order valence-electron chi connectivity index (χ3n) is 2.61. The normalized spacial score (nSPS) is 11.4. The SMILES string of the molecule is Cc1[c]ccc(S(=O)(=O)c2ccccc2C)c1. The minimum absolute atomic E-state index is 0.322. The first-order chi connectivity index (χ1) is 8.01. The first kappa shape index (κ1) is 11.9. The van der Waals surface area contributed by atoms with E-state index >= 15 is 0 Å². The predicted octanol–water partition coefficient (Wildman–Crippen LogP) is 2.94. The molecule has 0 amide bonds. The minimum Gasteiger partial charge on any atom is -0.219 e. The smallest absolute Gasteiger partial charge is 0.206 e. The molecule has 1 radical (unpaired) electrons. The minimum atomic E-state index is -3.41. The Balaban J connectivity index is 2.63. The lowest BCUT2D eigenvalue weighted by Gasteiger charge is -2.07. The Labute approximate surface area is 102 Å². The Kier molecular flexibility index (Phi) is 3.03. The first-order valence-corrected chi connectivity index (χ1v) is 6.79. The highest BCUT2D eigenvalue weighted by molar-refractivity contribution is 7.91. The highest BCUT2D eigenvalue weighted by Crippen LogP contribution is 2.23. The van der Waals surface area contributed by atoms with Crippen LogP contribution in [0, 0.1) is 19.9 Å². The molecule has 87 valence electrons. The topological polar surface area (TPSA) is 34.1 Å². The molecule has 2 nitrogen and oxygen atoms in total. The molecule has 0 aliphatic carbocycles. The molecule has 0 spiro atoms. The Hall–Kier alpha value is -1.61. The van der Waals surface area contributed by atoms with Gasteiger partial charge in [-0.15, -0.1) is 0 Å². The van der Waals surface area contributed by atoms with Crippen LogP contribution in [0.5, 0.6) is 0 Å². The summed E-state index contributed by atoms with van der Waals surface area (Å²) in [6.45, 7) is 3.63. The molecule has 0 saturated heterocycles. The van der Waals surface area contributed by atoms with Crippen molar-refractivity contribution in [3.05, 3.63) is 59.7 Å². The van der Waals surface area contributed by atoms with Crippen LogP contribution in [0.15, 0.2) is 52.3 Å². The van der Waals surface area contributed by atoms with E-state index in [-0.39, 0.29) is 0 Å². The van der Waals surface area contributed by atoms with Gasteiger partial charge in [-0.05, 0) is 49.2 Å². The van der Waals surface area contributed by atoms with Crippen molar-refractivity contribution in [3.8, 4) is 0 Å². The number of rotatable bonds is 2. The third kappa shape index (κ3) is 2.24. The average Bonchev–Trinajstić information content (AvgIpc) is 2.29. The van der Waals surface area contributed by atoms with E-state index in [0.29, 0.717) is 9.79 Å². The highest BCUT2D eigenvalue weighted by atomic mass is 32.2. The van der Waals surface area contributed by atoms with Crippen LogP contribution in [0.25, 0.3) is 0 Å². The van der Waals surface area contributed by atoms with E-state index in [1.807, 2.05) is 13.0 Å². The van der Waals surface area contributed by atoms with E-state index in [2.05, 4.69) is 6.07 Å². The van der Waals surface area contributed by atoms with Crippen LogP contribution < -0.4 is 0 Å². The lowest BCUT2D eigenvalue weighted by atomic mass is 10.2. The Morgan fingerprint density at radius 2 is 1.76 bits per heavy atom. The fourth-order valence-corrected chi connectivity index (χ4v) is 3.29. The summed E-state index contributed by atoms with van der Waals surface area (Å²) >= 11 is 0. The van der Waals surface area contributed by atoms with Crippen LogP contribution >= 0.6 is 0 Å². The molecule has 0 aromatic heterocycles. The zero-order chi connectivity index (χ0) is 12.5. The molecule has 0 fully saturated rings. The fourth-order valence-electron chi connectivity index (χ4n) is 1.71. The summed E-state index contributed by atoms with van der Waals surface area (Å²) in [5, 5.41) is 0. The molecular weight excluding hydrogens is 232 g/mol. The Morgan fingerprint density at radius 1 is 1.06 bits per heavy atom. The summed E-state index contributed by atoms with van der Waals surface area (Å²) in [6.07, 6.45) is 0. The molecule has 0 unspecified atom stereocenters. The molecule has 0 aliphatic rings. The molecule has 2 aromatic carbocycles. The maximum atomic E-state index is 12.4. The predicted molar refractivity (Wildman–Crippen MR) is 66.6 cm³/mol. The molecule has 0 aliphatic heterocycles. The molecule has 0 atom stereocenters. The zero-order valence-corrected chi connectivity index (χ0v) is 10.6. The van der Waals surface area contributed by atoms with Gasteiger partial charge in [0.2, 0.25) is 9.84 Å². The second-order valence-electron chi connectivity index (χ2n) is 3.98. The van der Waals surface area contributed by atoms with E-state index in [9.17, 15) is 8.42 Å². The van der Waals surface area contributed by atoms with Crippen LogP contribution in [0.2, 0.25) is 0 Å². The van der Waals surface area contributed by atoms with E-state index in [4.69, 9.17) is 0 Å². The molecule has 0 bridgehead atoms. The second-order valence-corrected chi connectivity index (χ2v) is 5.89. The van der Waals surface area contributed by atoms with E-state index in [1.165, 1.54) is 0 Å². The van der Waals surface area contributed by atoms with Gasteiger partial charge in [-0.3, -0.25) is 0 Å². The molecule has 3 heteroatoms. The molecule has 0 N–H and O–H groups in total. The number of benzene rings is 2. The number of sulfone groups is 1. The van der Waals surface area contributed by atoms with Crippen molar-refractivity contribution in [2.45, 2.75) is 23.6 Å². The second kappa shape index (κ2) is 4.34. The van der Waals surface area contributed by atoms with Gasteiger partial charge in [-0.2, -0.15) is 0 Å². The quantitative estimate of drug-likeness (QED) is 0.815. The number of hydrogen-bond donors (Lipinski definition) is 0. The number of aryl methyl sites for hydroxylation is 2. The lowest BCUT2D eigenvalue weighted by molar-refractivity contribution is 0.595. The van der Waals surface area contributed by atoms with Gasteiger partial charge in [-0.25, -0.2) is 8.42 Å². The third-order valence-corrected chi connectivity index (χ3v) is 4.52. The standard InChI is InChI=1S/C14H13O2S/c1-11-6-5-8-13(10-11)17(15,16)14-9-4-3-7-12(14)2/h3-5,7-10H,1-2H3. The van der Waals surface area contributed by atoms with Crippen molar-refractivity contribution < 1.29 is 8.42 Å². The summed E-state index contributed by atoms with van der Waals surface area (Å²) in [7, 11) is -3.41. The summed E-state index contributed by atoms with van der Waals surface area (Å²) in [6, 6.07) is 14.8. The molecule has 2 rings (SSSR count). The molecule has 17 heavy (non-hydrogen) atoms. The van der Waals surface area contributed by atoms with Gasteiger partial charge in [0.15, 0.2) is 0 Å². The van der Waals surface area contributed by atoms with Gasteiger partial charge < -0.3 is 0 Å². The Bertz CT molecular complexity index is 643. The van der Waals surface area contributed by atoms with Crippen LogP contribution in [-0.4, -0.2) is 8.42 Å². The average molecular weight is 245 g/mol. The van der Waals surface area contributed by atoms with Crippen molar-refractivity contribution >= 4 is 9.84 Å². The van der Waals surface area contributed by atoms with Gasteiger partial charge in [-0.1, -0.05) is 24.3 Å². The van der Waals surface area contributed by atoms with Crippen molar-refractivity contribution in [1.29, 1.82) is 0 Å². The van der Waals surface area contributed by atoms with E-state index in [1.54, 1.807) is 43.3 Å². The van der Waals surface area contributed by atoms with Gasteiger partial charge in [0.25, 0.3) is 0 Å². The summed E-state index contributed by atoms with van der Waals surface area (Å²) in [5.74, 6) is 0. The van der Waals surface area contributed by atoms with Crippen LogP contribution in [-0.2, 0) is 9.84 Å². The molecular formula is C14H13O2S. The number of hydrogen-bond acceptors (Lipinski definition) is 2. The van der Waals surface area contributed by atoms with E-state index < -0.39 is 9.84 Å². The van der Waals surface area contributed by atoms with Crippen LogP contribution in [0.3, 0.4) is 0 Å². The first-order valence-electron chi connectivity index (χ1n) is 5.31. The van der Waals surface area contributed by atoms with Gasteiger partial charge in [0, 0.05) is 0 Å². The summed E-state index contributed by atoms with van der Waals surface area (Å²) < 4.78 is 24.8. The lowest BCUT2D eigenvalue weighted by Crippen LogP contribution is -2.04. The van der Waals surface area contributed by atoms with Crippen molar-refractivity contribution in [2.75, 3.05) is 0 Å². The summed E-state index contributed by atoms with van der Waals surface area (Å²) in [4.78, 5) is 0.689. The van der Waals surface area contributed by atoms with Crippen LogP contribution in [0.4, 0.5) is 0 Å². The van der Waals surface area contributed by atoms with Crippen molar-refractivity contribution in [1.82, 2.24) is 0 Å². The maximum absolute atomic E-state index is 12.4. The fraction of sp³-hybridized carbons (Fsp3) is 0.143. The van der Waals surface area contributed by atoms with Gasteiger partial charge in [0.1, 0.15) is 0 Å². The highest BCUT2D eigenvalue weighted by Gasteiger charge is 2.19. The molecule has 0 saturated carbocycles. The largest absolute Gasteiger partial charge is 0.219 e. The molecule has 0 heterocycles. The molecule has 2 aromatic rings. The Morgan fingerprint density at radius 3 is 2.41 bits per heavy atom. The zero-order valence-electron chi connectivity index (χ0n) is 9.77. The van der Waals surface area contributed by atoms with Crippen molar-refractivity contribution in [3.63, 3.8) is 0 Å². The van der Waals surface area contributed by atoms with Gasteiger partial charge in [0.05, 0.1) is 9.79 Å². The maximum Gasteiger partial charge on any atom is 0.206 e. The monoisotopic (exact) mass is 245 g/mol. The van der Waals surface area contributed by atoms with E-state index in [0.717, 1.165) is 11.1 Å².